The van der Waals surface area contributed by atoms with Crippen LogP contribution in [0.5, 0.6) is 5.75 Å². The van der Waals surface area contributed by atoms with E-state index < -0.39 is 0 Å². The molecular weight excluding hydrogens is 246 g/mol. The van der Waals surface area contributed by atoms with Crippen LogP contribution >= 0.6 is 11.8 Å². The van der Waals surface area contributed by atoms with Crippen LogP contribution in [0.3, 0.4) is 0 Å². The molecule has 0 aliphatic carbocycles. The van der Waals surface area contributed by atoms with Crippen LogP contribution in [0.4, 0.5) is 5.69 Å². The van der Waals surface area contributed by atoms with Crippen molar-refractivity contribution in [3.8, 4) is 5.75 Å². The van der Waals surface area contributed by atoms with Crippen LogP contribution in [-0.2, 0) is 5.75 Å². The smallest absolute Gasteiger partial charge is 0.188 e. The van der Waals surface area contributed by atoms with E-state index in [0.29, 0.717) is 5.69 Å². The Bertz CT molecular complexity index is 546. The first kappa shape index (κ1) is 12.7. The Kier molecular flexibility index (Phi) is 4.04. The number of nitrogens with zero attached hydrogens (tertiary/aromatic N) is 2. The SMILES string of the molecule is COc1cc(N)cc(CSc2nccc(C)n2)c1. The summed E-state index contributed by atoms with van der Waals surface area (Å²) in [5, 5.41) is 0.774. The number of nitrogens with two attached hydrogens (primary N) is 1. The Hall–Kier alpha value is -1.75. The molecule has 1 heterocycles. The van der Waals surface area contributed by atoms with Gasteiger partial charge in [-0.05, 0) is 30.7 Å². The summed E-state index contributed by atoms with van der Waals surface area (Å²) in [5.74, 6) is 1.54. The molecule has 0 fully saturated rings. The quantitative estimate of drug-likeness (QED) is 0.521. The molecule has 1 aromatic carbocycles. The van der Waals surface area contributed by atoms with Crippen LogP contribution in [0.1, 0.15) is 11.3 Å². The number of nitrogen functional groups attached to an aromatic ring is 1. The highest BCUT2D eigenvalue weighted by atomic mass is 32.2. The van der Waals surface area contributed by atoms with E-state index in [2.05, 4.69) is 9.97 Å². The summed E-state index contributed by atoms with van der Waals surface area (Å²) in [6, 6.07) is 7.59. The number of ether oxygens (including phenoxy) is 1. The molecule has 0 saturated carbocycles. The minimum absolute atomic E-state index is 0.704. The largest absolute Gasteiger partial charge is 0.497 e. The van der Waals surface area contributed by atoms with Gasteiger partial charge in [0.25, 0.3) is 0 Å². The molecule has 0 aliphatic heterocycles. The molecule has 1 aromatic heterocycles. The van der Waals surface area contributed by atoms with Crippen molar-refractivity contribution < 1.29 is 4.74 Å². The lowest BCUT2D eigenvalue weighted by atomic mass is 10.2. The van der Waals surface area contributed by atoms with Crippen molar-refractivity contribution in [2.75, 3.05) is 12.8 Å². The molecule has 2 aromatic rings. The first-order valence-electron chi connectivity index (χ1n) is 5.53. The summed E-state index contributed by atoms with van der Waals surface area (Å²) in [5.41, 5.74) is 8.58. The predicted molar refractivity (Wildman–Crippen MR) is 73.7 cm³/mol. The lowest BCUT2D eigenvalue weighted by Crippen LogP contribution is -1.93. The zero-order valence-corrected chi connectivity index (χ0v) is 11.2. The Balaban J connectivity index is 2.08. The highest BCUT2D eigenvalue weighted by molar-refractivity contribution is 7.98. The second-order valence-electron chi connectivity index (χ2n) is 3.88. The molecule has 0 radical (unpaired) electrons. The minimum Gasteiger partial charge on any atom is -0.497 e. The first-order chi connectivity index (χ1) is 8.67. The molecule has 0 amide bonds. The maximum Gasteiger partial charge on any atom is 0.188 e. The zero-order chi connectivity index (χ0) is 13.0. The van der Waals surface area contributed by atoms with Crippen LogP contribution in [0, 0.1) is 6.92 Å². The van der Waals surface area contributed by atoms with Crippen molar-refractivity contribution in [2.24, 2.45) is 0 Å². The van der Waals surface area contributed by atoms with Gasteiger partial charge in [0, 0.05) is 29.4 Å². The number of rotatable bonds is 4. The van der Waals surface area contributed by atoms with Crippen molar-refractivity contribution in [1.82, 2.24) is 9.97 Å². The fourth-order valence-electron chi connectivity index (χ4n) is 1.53. The van der Waals surface area contributed by atoms with E-state index in [9.17, 15) is 0 Å². The standard InChI is InChI=1S/C13H15N3OS/c1-9-3-4-15-13(16-9)18-8-10-5-11(14)7-12(6-10)17-2/h3-7H,8,14H2,1-2H3. The number of hydrogen-bond donors (Lipinski definition) is 1. The van der Waals surface area contributed by atoms with E-state index in [0.717, 1.165) is 27.9 Å². The molecule has 0 aliphatic rings. The number of benzene rings is 1. The number of anilines is 1. The van der Waals surface area contributed by atoms with Crippen LogP contribution in [-0.4, -0.2) is 17.1 Å². The second-order valence-corrected chi connectivity index (χ2v) is 4.83. The van der Waals surface area contributed by atoms with Gasteiger partial charge in [-0.25, -0.2) is 9.97 Å². The molecular formula is C13H15N3OS. The fourth-order valence-corrected chi connectivity index (χ4v) is 2.34. The van der Waals surface area contributed by atoms with Crippen LogP contribution < -0.4 is 10.5 Å². The van der Waals surface area contributed by atoms with E-state index in [1.807, 2.05) is 25.1 Å². The highest BCUT2D eigenvalue weighted by Gasteiger charge is 2.02. The Morgan fingerprint density at radius 3 is 2.89 bits per heavy atom. The number of aromatic nitrogens is 2. The van der Waals surface area contributed by atoms with Gasteiger partial charge in [0.15, 0.2) is 5.16 Å². The van der Waals surface area contributed by atoms with Crippen LogP contribution in [0.2, 0.25) is 0 Å². The van der Waals surface area contributed by atoms with Crippen molar-refractivity contribution in [2.45, 2.75) is 17.8 Å². The van der Waals surface area contributed by atoms with Gasteiger partial charge >= 0.3 is 0 Å². The average molecular weight is 261 g/mol. The number of methoxy groups -OCH3 is 1. The summed E-state index contributed by atoms with van der Waals surface area (Å²) in [6.45, 7) is 1.95. The molecule has 94 valence electrons. The van der Waals surface area contributed by atoms with Crippen molar-refractivity contribution in [1.29, 1.82) is 0 Å². The van der Waals surface area contributed by atoms with Crippen molar-refractivity contribution in [3.63, 3.8) is 0 Å². The summed E-state index contributed by atoms with van der Waals surface area (Å²) >= 11 is 1.58. The maximum absolute atomic E-state index is 5.81. The molecule has 5 heteroatoms. The van der Waals surface area contributed by atoms with Crippen molar-refractivity contribution in [3.05, 3.63) is 41.7 Å². The number of hydrogen-bond acceptors (Lipinski definition) is 5. The van der Waals surface area contributed by atoms with Crippen LogP contribution in [0.25, 0.3) is 0 Å². The van der Waals surface area contributed by atoms with E-state index >= 15 is 0 Å². The third kappa shape index (κ3) is 3.37. The zero-order valence-electron chi connectivity index (χ0n) is 10.4. The van der Waals surface area contributed by atoms with Crippen molar-refractivity contribution >= 4 is 17.4 Å². The molecule has 0 saturated heterocycles. The molecule has 0 bridgehead atoms. The third-order valence-corrected chi connectivity index (χ3v) is 3.30. The van der Waals surface area contributed by atoms with Gasteiger partial charge in [0.2, 0.25) is 0 Å². The van der Waals surface area contributed by atoms with Gasteiger partial charge in [-0.2, -0.15) is 0 Å². The van der Waals surface area contributed by atoms with Gasteiger partial charge < -0.3 is 10.5 Å². The van der Waals surface area contributed by atoms with Gasteiger partial charge in [-0.15, -0.1) is 0 Å². The highest BCUT2D eigenvalue weighted by Crippen LogP contribution is 2.24. The van der Waals surface area contributed by atoms with E-state index in [-0.39, 0.29) is 0 Å². The Morgan fingerprint density at radius 1 is 1.33 bits per heavy atom. The minimum atomic E-state index is 0.704. The van der Waals surface area contributed by atoms with E-state index in [1.165, 1.54) is 0 Å². The van der Waals surface area contributed by atoms with Gasteiger partial charge in [-0.1, -0.05) is 11.8 Å². The molecule has 4 nitrogen and oxygen atoms in total. The first-order valence-corrected chi connectivity index (χ1v) is 6.52. The second kappa shape index (κ2) is 5.73. The molecule has 0 spiro atoms. The third-order valence-electron chi connectivity index (χ3n) is 2.36. The summed E-state index contributed by atoms with van der Waals surface area (Å²) in [6.07, 6.45) is 1.77. The topological polar surface area (TPSA) is 61.0 Å². The Labute approximate surface area is 111 Å². The molecule has 2 N–H and O–H groups in total. The van der Waals surface area contributed by atoms with Gasteiger partial charge in [0.05, 0.1) is 7.11 Å². The molecule has 2 rings (SSSR count). The monoisotopic (exact) mass is 261 g/mol. The van der Waals surface area contributed by atoms with E-state index in [4.69, 9.17) is 10.5 Å². The molecule has 0 unspecified atom stereocenters. The predicted octanol–water partition coefficient (Wildman–Crippen LogP) is 2.67. The average Bonchev–Trinajstić information content (AvgIpc) is 2.36. The number of thioether (sulfide) groups is 1. The Morgan fingerprint density at radius 2 is 2.17 bits per heavy atom. The fraction of sp³-hybridized carbons (Fsp3) is 0.231. The van der Waals surface area contributed by atoms with Gasteiger partial charge in [0.1, 0.15) is 5.75 Å². The lowest BCUT2D eigenvalue weighted by Gasteiger charge is -2.06. The summed E-state index contributed by atoms with van der Waals surface area (Å²) in [4.78, 5) is 8.55. The summed E-state index contributed by atoms with van der Waals surface area (Å²) in [7, 11) is 1.63. The van der Waals surface area contributed by atoms with E-state index in [1.54, 1.807) is 31.1 Å². The van der Waals surface area contributed by atoms with Crippen LogP contribution in [0.15, 0.2) is 35.6 Å². The van der Waals surface area contributed by atoms with Gasteiger partial charge in [-0.3, -0.25) is 0 Å². The normalized spacial score (nSPS) is 10.3. The maximum atomic E-state index is 5.81. The molecule has 0 atom stereocenters. The lowest BCUT2D eigenvalue weighted by molar-refractivity contribution is 0.414. The number of aryl methyl sites for hydroxylation is 1. The molecule has 18 heavy (non-hydrogen) atoms. The summed E-state index contributed by atoms with van der Waals surface area (Å²) < 4.78 is 5.19.